The fraction of sp³-hybridized carbons (Fsp3) is 0.533. The molecule has 2 aliphatic rings. The van der Waals surface area contributed by atoms with E-state index >= 15 is 0 Å². The molecule has 8 heteroatoms. The van der Waals surface area contributed by atoms with Crippen LogP contribution in [0.4, 0.5) is 4.79 Å². The summed E-state index contributed by atoms with van der Waals surface area (Å²) in [6.07, 6.45) is 0. The first-order chi connectivity index (χ1) is 11.0. The zero-order valence-corrected chi connectivity index (χ0v) is 14.7. The number of carbonyl (C=O) groups is 1. The summed E-state index contributed by atoms with van der Waals surface area (Å²) in [5.74, 6) is 1.42. The number of hydrazine groups is 1. The molecule has 0 aliphatic carbocycles. The smallest absolute Gasteiger partial charge is 0.315 e. The van der Waals surface area contributed by atoms with E-state index in [1.54, 1.807) is 0 Å². The van der Waals surface area contributed by atoms with Gasteiger partial charge < -0.3 is 20.1 Å². The van der Waals surface area contributed by atoms with Crippen LogP contribution in [0.2, 0.25) is 0 Å². The highest BCUT2D eigenvalue weighted by atomic mass is 79.9. The molecule has 126 valence electrons. The lowest BCUT2D eigenvalue weighted by atomic mass is 10.1. The van der Waals surface area contributed by atoms with Gasteiger partial charge in [0.05, 0.1) is 10.5 Å². The fourth-order valence-electron chi connectivity index (χ4n) is 2.78. The fourth-order valence-corrected chi connectivity index (χ4v) is 3.38. The third-order valence-corrected chi connectivity index (χ3v) is 4.61. The average Bonchev–Trinajstić information content (AvgIpc) is 2.85. The van der Waals surface area contributed by atoms with Crippen molar-refractivity contribution in [1.82, 2.24) is 21.5 Å². The summed E-state index contributed by atoms with van der Waals surface area (Å²) in [5, 5.41) is 5.86. The lowest BCUT2D eigenvalue weighted by Crippen LogP contribution is -2.49. The Balaban J connectivity index is 1.58. The zero-order valence-electron chi connectivity index (χ0n) is 13.1. The van der Waals surface area contributed by atoms with E-state index in [-0.39, 0.29) is 24.2 Å². The van der Waals surface area contributed by atoms with Crippen LogP contribution in [-0.4, -0.2) is 37.4 Å². The van der Waals surface area contributed by atoms with Gasteiger partial charge in [0.1, 0.15) is 13.2 Å². The maximum Gasteiger partial charge on any atom is 0.315 e. The second kappa shape index (κ2) is 6.94. The molecule has 4 N–H and O–H groups in total. The third-order valence-electron chi connectivity index (χ3n) is 4.02. The molecule has 7 nitrogen and oxygen atoms in total. The molecule has 0 radical (unpaired) electrons. The Morgan fingerprint density at radius 1 is 1.26 bits per heavy atom. The minimum atomic E-state index is -0.190. The molecule has 2 unspecified atom stereocenters. The van der Waals surface area contributed by atoms with Crippen molar-refractivity contribution in [3.8, 4) is 11.5 Å². The molecule has 2 atom stereocenters. The highest BCUT2D eigenvalue weighted by Gasteiger charge is 2.30. The summed E-state index contributed by atoms with van der Waals surface area (Å²) in [5.41, 5.74) is 7.17. The Kier molecular flexibility index (Phi) is 4.93. The molecular formula is C15H21BrN4O3. The lowest BCUT2D eigenvalue weighted by Gasteiger charge is -2.21. The molecular weight excluding hydrogens is 364 g/mol. The van der Waals surface area contributed by atoms with Gasteiger partial charge in [-0.15, -0.1) is 0 Å². The second-order valence-corrected chi connectivity index (χ2v) is 6.67. The molecule has 0 saturated carbocycles. The normalized spacial score (nSPS) is 26.0. The predicted molar refractivity (Wildman–Crippen MR) is 89.5 cm³/mol. The monoisotopic (exact) mass is 384 g/mol. The van der Waals surface area contributed by atoms with Crippen LogP contribution in [0.25, 0.3) is 0 Å². The maximum absolute atomic E-state index is 12.1. The number of carbonyl (C=O) groups excluding carboxylic acids is 1. The van der Waals surface area contributed by atoms with Gasteiger partial charge in [-0.25, -0.2) is 4.79 Å². The number of hydrogen-bond donors (Lipinski definition) is 4. The van der Waals surface area contributed by atoms with Crippen molar-refractivity contribution >= 4 is 22.0 Å². The second-order valence-electron chi connectivity index (χ2n) is 5.82. The van der Waals surface area contributed by atoms with Gasteiger partial charge in [0.25, 0.3) is 0 Å². The first-order valence-electron chi connectivity index (χ1n) is 7.68. The van der Waals surface area contributed by atoms with Crippen molar-refractivity contribution in [2.75, 3.05) is 13.2 Å². The number of amides is 2. The molecule has 1 aromatic carbocycles. The summed E-state index contributed by atoms with van der Waals surface area (Å²) in [6.45, 7) is 5.55. The quantitative estimate of drug-likeness (QED) is 0.630. The summed E-state index contributed by atoms with van der Waals surface area (Å²) in [7, 11) is 0. The van der Waals surface area contributed by atoms with Crippen molar-refractivity contribution < 1.29 is 14.3 Å². The van der Waals surface area contributed by atoms with E-state index in [4.69, 9.17) is 9.47 Å². The standard InChI is InChI=1S/C15H21BrN4O3/c1-8-13(9(2)20-19-8)18-15(21)17-7-10-5-11(16)14-12(6-10)22-3-4-23-14/h5-6,8-9,13,19-20H,3-4,7H2,1-2H3,(H2,17,18,21). The predicted octanol–water partition coefficient (Wildman–Crippen LogP) is 1.27. The number of nitrogens with one attached hydrogen (secondary N) is 4. The van der Waals surface area contributed by atoms with Gasteiger partial charge in [-0.1, -0.05) is 0 Å². The summed E-state index contributed by atoms with van der Waals surface area (Å²) in [4.78, 5) is 12.1. The van der Waals surface area contributed by atoms with Crippen LogP contribution >= 0.6 is 15.9 Å². The SMILES string of the molecule is CC1NNC(C)C1NC(=O)NCc1cc(Br)c2c(c1)OCCO2. The van der Waals surface area contributed by atoms with Crippen molar-refractivity contribution in [3.05, 3.63) is 22.2 Å². The molecule has 2 amide bonds. The van der Waals surface area contributed by atoms with Crippen molar-refractivity contribution in [1.29, 1.82) is 0 Å². The van der Waals surface area contributed by atoms with Gasteiger partial charge in [0.2, 0.25) is 0 Å². The van der Waals surface area contributed by atoms with Crippen molar-refractivity contribution in [2.24, 2.45) is 0 Å². The molecule has 23 heavy (non-hydrogen) atoms. The third kappa shape index (κ3) is 3.70. The molecule has 1 aromatic rings. The molecule has 1 saturated heterocycles. The minimum absolute atomic E-state index is 0.0435. The van der Waals surface area contributed by atoms with Crippen LogP contribution in [0.3, 0.4) is 0 Å². The van der Waals surface area contributed by atoms with Crippen molar-refractivity contribution in [3.63, 3.8) is 0 Å². The van der Waals surface area contributed by atoms with E-state index in [0.717, 1.165) is 15.8 Å². The van der Waals surface area contributed by atoms with Gasteiger partial charge >= 0.3 is 6.03 Å². The van der Waals surface area contributed by atoms with Crippen LogP contribution in [0, 0.1) is 0 Å². The van der Waals surface area contributed by atoms with E-state index in [9.17, 15) is 4.79 Å². The summed E-state index contributed by atoms with van der Waals surface area (Å²) >= 11 is 3.48. The Bertz CT molecular complexity index is 588. The first-order valence-corrected chi connectivity index (χ1v) is 8.47. The van der Waals surface area contributed by atoms with Gasteiger partial charge in [0, 0.05) is 18.6 Å². The Morgan fingerprint density at radius 2 is 1.96 bits per heavy atom. The zero-order chi connectivity index (χ0) is 16.4. The van der Waals surface area contributed by atoms with Crippen LogP contribution < -0.4 is 31.0 Å². The van der Waals surface area contributed by atoms with E-state index in [1.165, 1.54) is 0 Å². The number of ether oxygens (including phenoxy) is 2. The van der Waals surface area contributed by atoms with E-state index < -0.39 is 0 Å². The van der Waals surface area contributed by atoms with Gasteiger partial charge in [0.15, 0.2) is 11.5 Å². The number of hydrogen-bond acceptors (Lipinski definition) is 5. The van der Waals surface area contributed by atoms with E-state index in [1.807, 2.05) is 26.0 Å². The lowest BCUT2D eigenvalue weighted by molar-refractivity contribution is 0.170. The number of halogens is 1. The molecule has 3 rings (SSSR count). The van der Waals surface area contributed by atoms with Crippen LogP contribution in [0.15, 0.2) is 16.6 Å². The maximum atomic E-state index is 12.1. The number of rotatable bonds is 3. The Hall–Kier alpha value is -1.51. The number of fused-ring (bicyclic) bond motifs is 1. The van der Waals surface area contributed by atoms with E-state index in [2.05, 4.69) is 37.4 Å². The highest BCUT2D eigenvalue weighted by molar-refractivity contribution is 9.10. The number of benzene rings is 1. The molecule has 2 aliphatic heterocycles. The van der Waals surface area contributed by atoms with Crippen LogP contribution in [0.1, 0.15) is 19.4 Å². The molecule has 0 spiro atoms. The van der Waals surface area contributed by atoms with Gasteiger partial charge in [-0.2, -0.15) is 0 Å². The number of urea groups is 1. The minimum Gasteiger partial charge on any atom is -0.486 e. The molecule has 2 heterocycles. The molecule has 1 fully saturated rings. The summed E-state index contributed by atoms with van der Waals surface area (Å²) in [6, 6.07) is 4.03. The van der Waals surface area contributed by atoms with E-state index in [0.29, 0.717) is 25.5 Å². The topological polar surface area (TPSA) is 83.7 Å². The highest BCUT2D eigenvalue weighted by Crippen LogP contribution is 2.38. The molecule has 0 bridgehead atoms. The first kappa shape index (κ1) is 16.4. The average molecular weight is 385 g/mol. The van der Waals surface area contributed by atoms with Gasteiger partial charge in [-0.3, -0.25) is 10.9 Å². The molecule has 0 aromatic heterocycles. The van der Waals surface area contributed by atoms with Crippen LogP contribution in [-0.2, 0) is 6.54 Å². The van der Waals surface area contributed by atoms with Gasteiger partial charge in [-0.05, 0) is 47.5 Å². The van der Waals surface area contributed by atoms with Crippen LogP contribution in [0.5, 0.6) is 11.5 Å². The Labute approximate surface area is 143 Å². The largest absolute Gasteiger partial charge is 0.486 e. The summed E-state index contributed by atoms with van der Waals surface area (Å²) < 4.78 is 12.0. The Morgan fingerprint density at radius 3 is 2.70 bits per heavy atom. The van der Waals surface area contributed by atoms with Crippen molar-refractivity contribution in [2.45, 2.75) is 38.5 Å².